The number of rotatable bonds is 10. The zero-order valence-electron chi connectivity index (χ0n) is 18.9. The minimum Gasteiger partial charge on any atom is -0.497 e. The average Bonchev–Trinajstić information content (AvgIpc) is 2.83. The number of para-hydroxylation sites is 1. The van der Waals surface area contributed by atoms with Gasteiger partial charge in [-0.2, -0.15) is 0 Å². The van der Waals surface area contributed by atoms with Crippen molar-refractivity contribution in [3.63, 3.8) is 0 Å². The summed E-state index contributed by atoms with van der Waals surface area (Å²) in [7, 11) is -0.714. The van der Waals surface area contributed by atoms with Gasteiger partial charge in [-0.05, 0) is 49.4 Å². The van der Waals surface area contributed by atoms with Crippen LogP contribution in [0.1, 0.15) is 17.5 Å². The van der Waals surface area contributed by atoms with Crippen LogP contribution in [0.2, 0.25) is 0 Å². The summed E-state index contributed by atoms with van der Waals surface area (Å²) in [6, 6.07) is 20.8. The molecule has 3 aromatic carbocycles. The Balaban J connectivity index is 1.74. The molecule has 0 heterocycles. The van der Waals surface area contributed by atoms with Crippen LogP contribution in [0.3, 0.4) is 0 Å². The van der Waals surface area contributed by atoms with Crippen molar-refractivity contribution in [1.82, 2.24) is 5.32 Å². The van der Waals surface area contributed by atoms with Crippen LogP contribution in [0.4, 0.5) is 5.69 Å². The fourth-order valence-corrected chi connectivity index (χ4v) is 4.79. The van der Waals surface area contributed by atoms with Gasteiger partial charge in [0.2, 0.25) is 5.91 Å². The fraction of sp³-hybridized carbons (Fsp3) is 0.240. The number of carbonyl (C=O) groups is 1. The molecule has 0 saturated carbocycles. The lowest BCUT2D eigenvalue weighted by Gasteiger charge is -2.24. The number of amides is 1. The molecule has 0 aliphatic rings. The van der Waals surface area contributed by atoms with Crippen LogP contribution < -0.4 is 19.1 Å². The van der Waals surface area contributed by atoms with Crippen LogP contribution in [-0.2, 0) is 21.4 Å². The van der Waals surface area contributed by atoms with Crippen LogP contribution in [-0.4, -0.2) is 35.1 Å². The summed E-state index contributed by atoms with van der Waals surface area (Å²) in [5.41, 5.74) is 2.23. The number of hydrogen-bond donors (Lipinski definition) is 1. The van der Waals surface area contributed by atoms with E-state index in [9.17, 15) is 13.2 Å². The van der Waals surface area contributed by atoms with Crippen LogP contribution >= 0.6 is 0 Å². The minimum absolute atomic E-state index is 0.00129. The second-order valence-corrected chi connectivity index (χ2v) is 9.29. The highest BCUT2D eigenvalue weighted by molar-refractivity contribution is 7.92. The Morgan fingerprint density at radius 2 is 1.64 bits per heavy atom. The molecule has 1 N–H and O–H groups in total. The Kier molecular flexibility index (Phi) is 7.95. The van der Waals surface area contributed by atoms with Crippen molar-refractivity contribution in [2.24, 2.45) is 0 Å². The summed E-state index contributed by atoms with van der Waals surface area (Å²) in [5, 5.41) is 2.83. The van der Waals surface area contributed by atoms with E-state index in [-0.39, 0.29) is 30.3 Å². The van der Waals surface area contributed by atoms with Gasteiger partial charge < -0.3 is 14.8 Å². The fourth-order valence-electron chi connectivity index (χ4n) is 3.33. The zero-order chi connectivity index (χ0) is 23.8. The lowest BCUT2D eigenvalue weighted by Crippen LogP contribution is -2.35. The highest BCUT2D eigenvalue weighted by atomic mass is 32.2. The summed E-state index contributed by atoms with van der Waals surface area (Å²) < 4.78 is 38.6. The molecular formula is C25H28N2O5S. The first kappa shape index (κ1) is 24.1. The molecule has 7 nitrogen and oxygen atoms in total. The van der Waals surface area contributed by atoms with E-state index in [1.54, 1.807) is 80.9 Å². The second kappa shape index (κ2) is 10.9. The van der Waals surface area contributed by atoms with Crippen molar-refractivity contribution < 1.29 is 22.7 Å². The molecule has 0 fully saturated rings. The van der Waals surface area contributed by atoms with E-state index in [1.807, 2.05) is 13.0 Å². The van der Waals surface area contributed by atoms with Gasteiger partial charge in [0.15, 0.2) is 0 Å². The number of nitrogens with one attached hydrogen (secondary N) is 1. The molecular weight excluding hydrogens is 440 g/mol. The topological polar surface area (TPSA) is 84.9 Å². The highest BCUT2D eigenvalue weighted by Crippen LogP contribution is 2.25. The van der Waals surface area contributed by atoms with Gasteiger partial charge in [-0.25, -0.2) is 8.42 Å². The number of aryl methyl sites for hydroxylation is 1. The van der Waals surface area contributed by atoms with Crippen molar-refractivity contribution in [3.05, 3.63) is 83.9 Å². The number of nitrogens with zero attached hydrogens (tertiary/aromatic N) is 1. The van der Waals surface area contributed by atoms with E-state index < -0.39 is 10.0 Å². The molecule has 0 aromatic heterocycles. The zero-order valence-corrected chi connectivity index (χ0v) is 19.8. The maximum absolute atomic E-state index is 13.4. The standard InChI is InChI=1S/C25H28N2O5S/c1-19-9-12-23(13-10-19)33(29,30)27(21-7-5-4-6-8-21)16-15-25(28)26-18-20-17-22(31-2)11-14-24(20)32-3/h4-14,17H,15-16,18H2,1-3H3,(H,26,28). The van der Waals surface area contributed by atoms with E-state index in [0.717, 1.165) is 11.1 Å². The molecule has 174 valence electrons. The summed E-state index contributed by atoms with van der Waals surface area (Å²) in [4.78, 5) is 12.8. The quantitative estimate of drug-likeness (QED) is 0.488. The first-order valence-corrected chi connectivity index (χ1v) is 11.9. The molecule has 0 aliphatic heterocycles. The Morgan fingerprint density at radius 3 is 2.27 bits per heavy atom. The number of methoxy groups -OCH3 is 2. The third-order valence-corrected chi connectivity index (χ3v) is 7.00. The van der Waals surface area contributed by atoms with Gasteiger partial charge in [-0.1, -0.05) is 35.9 Å². The Labute approximate surface area is 195 Å². The van der Waals surface area contributed by atoms with Crippen LogP contribution in [0.5, 0.6) is 11.5 Å². The molecule has 3 aromatic rings. The average molecular weight is 469 g/mol. The Hall–Kier alpha value is -3.52. The summed E-state index contributed by atoms with van der Waals surface area (Å²) >= 11 is 0. The largest absolute Gasteiger partial charge is 0.497 e. The van der Waals surface area contributed by atoms with Gasteiger partial charge in [0.25, 0.3) is 10.0 Å². The summed E-state index contributed by atoms with van der Waals surface area (Å²) in [6.07, 6.45) is -0.00767. The van der Waals surface area contributed by atoms with Crippen LogP contribution in [0, 0.1) is 6.92 Å². The SMILES string of the molecule is COc1ccc(OC)c(CNC(=O)CCN(c2ccccc2)S(=O)(=O)c2ccc(C)cc2)c1. The van der Waals surface area contributed by atoms with E-state index >= 15 is 0 Å². The number of benzene rings is 3. The van der Waals surface area contributed by atoms with Gasteiger partial charge in [0.05, 0.1) is 24.8 Å². The van der Waals surface area contributed by atoms with Crippen molar-refractivity contribution in [2.45, 2.75) is 24.8 Å². The maximum atomic E-state index is 13.4. The molecule has 0 atom stereocenters. The van der Waals surface area contributed by atoms with Gasteiger partial charge >= 0.3 is 0 Å². The third-order valence-electron chi connectivity index (χ3n) is 5.16. The molecule has 3 rings (SSSR count). The molecule has 0 radical (unpaired) electrons. The predicted molar refractivity (Wildman–Crippen MR) is 128 cm³/mol. The second-order valence-electron chi connectivity index (χ2n) is 7.43. The molecule has 0 unspecified atom stereocenters. The van der Waals surface area contributed by atoms with Crippen LogP contribution in [0.25, 0.3) is 0 Å². The Morgan fingerprint density at radius 1 is 0.939 bits per heavy atom. The number of carbonyl (C=O) groups excluding carboxylic acids is 1. The van der Waals surface area contributed by atoms with Gasteiger partial charge in [-0.3, -0.25) is 9.10 Å². The summed E-state index contributed by atoms with van der Waals surface area (Å²) in [5.74, 6) is 1.00. The van der Waals surface area contributed by atoms with Crippen molar-refractivity contribution >= 4 is 21.6 Å². The maximum Gasteiger partial charge on any atom is 0.264 e. The number of anilines is 1. The molecule has 0 aliphatic carbocycles. The predicted octanol–water partition coefficient (Wildman–Crippen LogP) is 3.91. The van der Waals surface area contributed by atoms with Crippen molar-refractivity contribution in [2.75, 3.05) is 25.1 Å². The lowest BCUT2D eigenvalue weighted by atomic mass is 10.2. The smallest absolute Gasteiger partial charge is 0.264 e. The summed E-state index contributed by atoms with van der Waals surface area (Å²) in [6.45, 7) is 2.13. The normalized spacial score (nSPS) is 11.0. The van der Waals surface area contributed by atoms with Crippen molar-refractivity contribution in [1.29, 1.82) is 0 Å². The van der Waals surface area contributed by atoms with E-state index in [4.69, 9.17) is 9.47 Å². The number of ether oxygens (including phenoxy) is 2. The molecule has 33 heavy (non-hydrogen) atoms. The van der Waals surface area contributed by atoms with E-state index in [0.29, 0.717) is 17.2 Å². The van der Waals surface area contributed by atoms with Crippen LogP contribution in [0.15, 0.2) is 77.7 Å². The number of hydrogen-bond acceptors (Lipinski definition) is 5. The lowest BCUT2D eigenvalue weighted by molar-refractivity contribution is -0.121. The minimum atomic E-state index is -3.84. The van der Waals surface area contributed by atoms with Crippen molar-refractivity contribution in [3.8, 4) is 11.5 Å². The molecule has 0 spiro atoms. The van der Waals surface area contributed by atoms with E-state index in [1.165, 1.54) is 4.31 Å². The highest BCUT2D eigenvalue weighted by Gasteiger charge is 2.25. The third kappa shape index (κ3) is 6.04. The molecule has 1 amide bonds. The van der Waals surface area contributed by atoms with Gasteiger partial charge in [-0.15, -0.1) is 0 Å². The van der Waals surface area contributed by atoms with Gasteiger partial charge in [0.1, 0.15) is 11.5 Å². The van der Waals surface area contributed by atoms with Gasteiger partial charge in [0, 0.05) is 25.1 Å². The first-order valence-electron chi connectivity index (χ1n) is 10.5. The molecule has 0 saturated heterocycles. The Bertz CT molecular complexity index is 1180. The first-order chi connectivity index (χ1) is 15.8. The monoisotopic (exact) mass is 468 g/mol. The number of sulfonamides is 1. The molecule has 0 bridgehead atoms. The van der Waals surface area contributed by atoms with E-state index in [2.05, 4.69) is 5.32 Å². The molecule has 8 heteroatoms.